The van der Waals surface area contributed by atoms with Crippen molar-refractivity contribution < 1.29 is 9.59 Å². The minimum absolute atomic E-state index is 0.0781. The highest BCUT2D eigenvalue weighted by Gasteiger charge is 2.54. The fraction of sp³-hybridized carbons (Fsp3) is 0.214. The Morgan fingerprint density at radius 3 is 2.19 bits per heavy atom. The minimum Gasteiger partial charge on any atom is -0.344 e. The van der Waals surface area contributed by atoms with E-state index < -0.39 is 5.92 Å². The molecule has 0 spiro atoms. The van der Waals surface area contributed by atoms with Gasteiger partial charge in [-0.2, -0.15) is 0 Å². The van der Waals surface area contributed by atoms with Crippen LogP contribution < -0.4 is 4.90 Å². The van der Waals surface area contributed by atoms with Crippen LogP contribution in [0.4, 0.5) is 5.69 Å². The van der Waals surface area contributed by atoms with Crippen LogP contribution in [0.3, 0.4) is 0 Å². The standard InChI is InChI=1S/C28H24N2O2/c1-2-29-23-16-10-9-15-20(23)24-21(18-11-5-3-6-12-18)17-22-25(26(24)29)28(32)30(27(22)31)19-13-7-4-8-14-19/h3-16,21-22,25H,2,17H2,1H3. The summed E-state index contributed by atoms with van der Waals surface area (Å²) >= 11 is 0. The first-order valence-electron chi connectivity index (χ1n) is 11.3. The normalized spacial score (nSPS) is 22.3. The van der Waals surface area contributed by atoms with E-state index in [2.05, 4.69) is 54.0 Å². The van der Waals surface area contributed by atoms with Crippen LogP contribution >= 0.6 is 0 Å². The number of anilines is 1. The summed E-state index contributed by atoms with van der Waals surface area (Å²) in [6, 6.07) is 28.2. The maximum Gasteiger partial charge on any atom is 0.243 e. The number of amides is 2. The Balaban J connectivity index is 1.62. The summed E-state index contributed by atoms with van der Waals surface area (Å²) in [4.78, 5) is 28.9. The highest BCUT2D eigenvalue weighted by molar-refractivity contribution is 6.24. The van der Waals surface area contributed by atoms with E-state index >= 15 is 0 Å². The number of hydrogen-bond donors (Lipinski definition) is 0. The van der Waals surface area contributed by atoms with Crippen molar-refractivity contribution in [2.45, 2.75) is 31.7 Å². The van der Waals surface area contributed by atoms with Gasteiger partial charge in [-0.25, -0.2) is 4.90 Å². The van der Waals surface area contributed by atoms with Crippen molar-refractivity contribution in [3.8, 4) is 0 Å². The van der Waals surface area contributed by atoms with E-state index in [1.165, 1.54) is 21.4 Å². The van der Waals surface area contributed by atoms with Crippen LogP contribution in [0, 0.1) is 5.92 Å². The van der Waals surface area contributed by atoms with E-state index in [1.54, 1.807) is 0 Å². The average molecular weight is 421 g/mol. The third kappa shape index (κ3) is 2.56. The molecule has 158 valence electrons. The van der Waals surface area contributed by atoms with Gasteiger partial charge in [0.15, 0.2) is 0 Å². The minimum atomic E-state index is -0.440. The van der Waals surface area contributed by atoms with Gasteiger partial charge in [-0.15, -0.1) is 0 Å². The smallest absolute Gasteiger partial charge is 0.243 e. The first kappa shape index (κ1) is 19.1. The Labute approximate surface area is 187 Å². The monoisotopic (exact) mass is 420 g/mol. The van der Waals surface area contributed by atoms with Gasteiger partial charge in [0, 0.05) is 29.1 Å². The highest BCUT2D eigenvalue weighted by atomic mass is 16.2. The number of imide groups is 1. The molecule has 4 aromatic rings. The molecule has 2 heterocycles. The average Bonchev–Trinajstić information content (AvgIpc) is 3.31. The molecule has 3 atom stereocenters. The van der Waals surface area contributed by atoms with E-state index in [0.29, 0.717) is 12.1 Å². The fourth-order valence-corrected chi connectivity index (χ4v) is 5.86. The molecular weight excluding hydrogens is 396 g/mol. The molecule has 1 saturated heterocycles. The zero-order valence-corrected chi connectivity index (χ0v) is 17.9. The van der Waals surface area contributed by atoms with Gasteiger partial charge < -0.3 is 4.57 Å². The maximum atomic E-state index is 13.8. The molecule has 3 aromatic carbocycles. The number of carbonyl (C=O) groups excluding carboxylic acids is 2. The van der Waals surface area contributed by atoms with E-state index in [1.807, 2.05) is 42.5 Å². The predicted molar refractivity (Wildman–Crippen MR) is 126 cm³/mol. The van der Waals surface area contributed by atoms with Crippen molar-refractivity contribution in [3.63, 3.8) is 0 Å². The van der Waals surface area contributed by atoms with Crippen LogP contribution in [-0.4, -0.2) is 16.4 Å². The van der Waals surface area contributed by atoms with E-state index in [-0.39, 0.29) is 23.7 Å². The molecule has 4 nitrogen and oxygen atoms in total. The maximum absolute atomic E-state index is 13.8. The van der Waals surface area contributed by atoms with Crippen molar-refractivity contribution in [2.24, 2.45) is 5.92 Å². The van der Waals surface area contributed by atoms with Crippen molar-refractivity contribution in [1.29, 1.82) is 0 Å². The molecule has 1 aromatic heterocycles. The number of hydrogen-bond acceptors (Lipinski definition) is 2. The topological polar surface area (TPSA) is 42.3 Å². The molecule has 3 unspecified atom stereocenters. The number of rotatable bonds is 3. The number of nitrogens with zero attached hydrogens (tertiary/aromatic N) is 2. The van der Waals surface area contributed by atoms with Gasteiger partial charge in [0.2, 0.25) is 11.8 Å². The Morgan fingerprint density at radius 2 is 1.47 bits per heavy atom. The molecule has 0 bridgehead atoms. The number of para-hydroxylation sites is 2. The van der Waals surface area contributed by atoms with Gasteiger partial charge in [0.05, 0.1) is 17.5 Å². The van der Waals surface area contributed by atoms with Gasteiger partial charge in [-0.1, -0.05) is 66.7 Å². The lowest BCUT2D eigenvalue weighted by atomic mass is 9.71. The molecular formula is C28H24N2O2. The van der Waals surface area contributed by atoms with Gasteiger partial charge in [-0.3, -0.25) is 9.59 Å². The molecule has 1 fully saturated rings. The third-order valence-electron chi connectivity index (χ3n) is 7.14. The number of aryl methyl sites for hydroxylation is 1. The number of benzene rings is 3. The van der Waals surface area contributed by atoms with Crippen LogP contribution in [0.2, 0.25) is 0 Å². The second-order valence-electron chi connectivity index (χ2n) is 8.69. The summed E-state index contributed by atoms with van der Waals surface area (Å²) in [5.74, 6) is -0.889. The van der Waals surface area contributed by atoms with Crippen LogP contribution in [0.15, 0.2) is 84.9 Å². The van der Waals surface area contributed by atoms with Crippen molar-refractivity contribution in [2.75, 3.05) is 4.90 Å². The molecule has 2 amide bonds. The fourth-order valence-electron chi connectivity index (χ4n) is 5.86. The summed E-state index contributed by atoms with van der Waals surface area (Å²) in [5, 5.41) is 1.19. The van der Waals surface area contributed by atoms with Crippen LogP contribution in [0.25, 0.3) is 10.9 Å². The lowest BCUT2D eigenvalue weighted by molar-refractivity contribution is -0.122. The molecule has 0 radical (unpaired) electrons. The van der Waals surface area contributed by atoms with Crippen LogP contribution in [-0.2, 0) is 16.1 Å². The molecule has 32 heavy (non-hydrogen) atoms. The highest BCUT2D eigenvalue weighted by Crippen LogP contribution is 2.53. The Kier molecular flexibility index (Phi) is 4.29. The quantitative estimate of drug-likeness (QED) is 0.413. The molecule has 0 saturated carbocycles. The van der Waals surface area contributed by atoms with E-state index in [0.717, 1.165) is 17.8 Å². The van der Waals surface area contributed by atoms with Crippen molar-refractivity contribution in [1.82, 2.24) is 4.57 Å². The van der Waals surface area contributed by atoms with Crippen LogP contribution in [0.5, 0.6) is 0 Å². The SMILES string of the molecule is CCn1c2c(c3ccccc31)C(c1ccccc1)CC1C(=O)N(c3ccccc3)C(=O)C21. The first-order chi connectivity index (χ1) is 15.7. The largest absolute Gasteiger partial charge is 0.344 e. The Morgan fingerprint density at radius 1 is 0.812 bits per heavy atom. The first-order valence-corrected chi connectivity index (χ1v) is 11.3. The summed E-state index contributed by atoms with van der Waals surface area (Å²) in [5.41, 5.74) is 5.24. The van der Waals surface area contributed by atoms with Crippen molar-refractivity contribution in [3.05, 3.63) is 102 Å². The van der Waals surface area contributed by atoms with Crippen molar-refractivity contribution >= 4 is 28.4 Å². The Bertz CT molecular complexity index is 1340. The second kappa shape index (κ2) is 7.20. The van der Waals surface area contributed by atoms with Gasteiger partial charge in [-0.05, 0) is 42.7 Å². The summed E-state index contributed by atoms with van der Waals surface area (Å²) in [6.45, 7) is 2.87. The third-order valence-corrected chi connectivity index (χ3v) is 7.14. The summed E-state index contributed by atoms with van der Waals surface area (Å²) < 4.78 is 2.26. The number of fused-ring (bicyclic) bond motifs is 5. The summed E-state index contributed by atoms with van der Waals surface area (Å²) in [6.07, 6.45) is 0.646. The lowest BCUT2D eigenvalue weighted by Crippen LogP contribution is -2.30. The Hall–Kier alpha value is -3.66. The van der Waals surface area contributed by atoms with Gasteiger partial charge in [0.1, 0.15) is 0 Å². The number of aromatic nitrogens is 1. The molecule has 1 aliphatic heterocycles. The van der Waals surface area contributed by atoms with Crippen LogP contribution in [0.1, 0.15) is 42.0 Å². The summed E-state index contributed by atoms with van der Waals surface area (Å²) in [7, 11) is 0. The van der Waals surface area contributed by atoms with E-state index in [9.17, 15) is 9.59 Å². The predicted octanol–water partition coefficient (Wildman–Crippen LogP) is 5.47. The van der Waals surface area contributed by atoms with E-state index in [4.69, 9.17) is 0 Å². The second-order valence-corrected chi connectivity index (χ2v) is 8.69. The zero-order valence-electron chi connectivity index (χ0n) is 17.9. The molecule has 1 aliphatic carbocycles. The van der Waals surface area contributed by atoms with Gasteiger partial charge in [0.25, 0.3) is 0 Å². The molecule has 2 aliphatic rings. The number of carbonyl (C=O) groups is 2. The molecule has 0 N–H and O–H groups in total. The zero-order chi connectivity index (χ0) is 21.8. The van der Waals surface area contributed by atoms with Gasteiger partial charge >= 0.3 is 0 Å². The molecule has 6 rings (SSSR count). The lowest BCUT2D eigenvalue weighted by Gasteiger charge is -2.31. The molecule has 4 heteroatoms.